The molecule has 1 N–H and O–H groups in total. The van der Waals surface area contributed by atoms with Gasteiger partial charge < -0.3 is 19.5 Å². The minimum atomic E-state index is -1.02. The largest absolute Gasteiger partial charge is 0.496 e. The number of methoxy groups -OCH3 is 1. The van der Waals surface area contributed by atoms with Crippen LogP contribution in [-0.2, 0) is 17.7 Å². The van der Waals surface area contributed by atoms with Gasteiger partial charge in [-0.1, -0.05) is 48.5 Å². The van der Waals surface area contributed by atoms with E-state index >= 15 is 0 Å². The fraction of sp³-hybridized carbons (Fsp3) is 0.231. The van der Waals surface area contributed by atoms with Crippen LogP contribution in [0.2, 0.25) is 0 Å². The fourth-order valence-corrected chi connectivity index (χ4v) is 4.88. The van der Waals surface area contributed by atoms with Crippen LogP contribution in [0.3, 0.4) is 0 Å². The third kappa shape index (κ3) is 3.28. The molecule has 0 aromatic heterocycles. The molecule has 2 aliphatic rings. The van der Waals surface area contributed by atoms with E-state index in [1.807, 2.05) is 24.3 Å². The Hall–Kier alpha value is -3.80. The number of carbonyl (C=O) groups is 2. The van der Waals surface area contributed by atoms with Gasteiger partial charge in [0, 0.05) is 18.0 Å². The Balaban J connectivity index is 1.35. The second-order valence-corrected chi connectivity index (χ2v) is 8.05. The first-order valence-corrected chi connectivity index (χ1v) is 10.6. The van der Waals surface area contributed by atoms with Gasteiger partial charge in [0.25, 0.3) is 0 Å². The van der Waals surface area contributed by atoms with Crippen molar-refractivity contribution in [1.29, 1.82) is 0 Å². The van der Waals surface area contributed by atoms with Crippen LogP contribution in [-0.4, -0.2) is 42.3 Å². The molecule has 0 saturated heterocycles. The highest BCUT2D eigenvalue weighted by molar-refractivity contribution is 5.90. The van der Waals surface area contributed by atoms with Gasteiger partial charge in [-0.15, -0.1) is 0 Å². The molecule has 3 aromatic rings. The summed E-state index contributed by atoms with van der Waals surface area (Å²) in [7, 11) is 1.56. The number of benzene rings is 3. The average molecular weight is 429 g/mol. The number of carboxylic acid groups (broad SMARTS) is 1. The topological polar surface area (TPSA) is 76.1 Å². The molecule has 0 fully saturated rings. The lowest BCUT2D eigenvalue weighted by molar-refractivity contribution is 0.0688. The van der Waals surface area contributed by atoms with Crippen LogP contribution in [0, 0.1) is 0 Å². The summed E-state index contributed by atoms with van der Waals surface area (Å²) in [4.78, 5) is 26.2. The summed E-state index contributed by atoms with van der Waals surface area (Å²) in [5.74, 6) is -0.381. The van der Waals surface area contributed by atoms with Crippen LogP contribution in [0.5, 0.6) is 5.75 Å². The molecule has 0 spiro atoms. The van der Waals surface area contributed by atoms with Crippen LogP contribution >= 0.6 is 0 Å². The summed E-state index contributed by atoms with van der Waals surface area (Å²) in [5.41, 5.74) is 6.30. The van der Waals surface area contributed by atoms with Crippen LogP contribution in [0.25, 0.3) is 11.1 Å². The maximum absolute atomic E-state index is 12.9. The van der Waals surface area contributed by atoms with E-state index in [0.717, 1.165) is 16.7 Å². The van der Waals surface area contributed by atoms with Crippen molar-refractivity contribution in [2.45, 2.75) is 18.9 Å². The van der Waals surface area contributed by atoms with Gasteiger partial charge in [0.2, 0.25) is 0 Å². The van der Waals surface area contributed by atoms with Crippen LogP contribution < -0.4 is 4.74 Å². The second-order valence-electron chi connectivity index (χ2n) is 8.05. The third-order valence-corrected chi connectivity index (χ3v) is 6.41. The standard InChI is InChI=1S/C26H23NO5/c1-31-24-11-10-21(25(28)29)22-14-27(13-12-20(22)24)26(30)32-15-23-18-8-4-2-6-16(18)17-7-3-5-9-19(17)23/h2-11,23H,12-15H2,1H3,(H,28,29). The van der Waals surface area contributed by atoms with Crippen molar-refractivity contribution in [2.75, 3.05) is 20.3 Å². The fourth-order valence-electron chi connectivity index (χ4n) is 4.88. The molecule has 0 bridgehead atoms. The first kappa shape index (κ1) is 20.1. The highest BCUT2D eigenvalue weighted by atomic mass is 16.6. The number of carbonyl (C=O) groups excluding carboxylic acids is 1. The van der Waals surface area contributed by atoms with Gasteiger partial charge >= 0.3 is 12.1 Å². The SMILES string of the molecule is COc1ccc(C(=O)O)c2c1CCN(C(=O)OCC1c3ccccc3-c3ccccc31)C2. The number of nitrogens with zero attached hydrogens (tertiary/aromatic N) is 1. The minimum absolute atomic E-state index is 0.0156. The molecule has 6 nitrogen and oxygen atoms in total. The van der Waals surface area contributed by atoms with Crippen molar-refractivity contribution in [1.82, 2.24) is 4.90 Å². The summed E-state index contributed by atoms with van der Waals surface area (Å²) in [5, 5.41) is 9.59. The normalized spacial score (nSPS) is 14.3. The van der Waals surface area contributed by atoms with Crippen molar-refractivity contribution in [3.8, 4) is 16.9 Å². The Morgan fingerprint density at radius 2 is 1.62 bits per heavy atom. The Morgan fingerprint density at radius 1 is 0.969 bits per heavy atom. The number of hydrogen-bond acceptors (Lipinski definition) is 4. The first-order valence-electron chi connectivity index (χ1n) is 10.6. The molecule has 1 heterocycles. The Morgan fingerprint density at radius 3 is 2.25 bits per heavy atom. The summed E-state index contributed by atoms with van der Waals surface area (Å²) in [6.07, 6.45) is 0.0840. The van der Waals surface area contributed by atoms with Gasteiger partial charge in [-0.2, -0.15) is 0 Å². The van der Waals surface area contributed by atoms with Gasteiger partial charge in [-0.25, -0.2) is 9.59 Å². The predicted octanol–water partition coefficient (Wildman–Crippen LogP) is 4.70. The van der Waals surface area contributed by atoms with E-state index in [4.69, 9.17) is 9.47 Å². The molecule has 162 valence electrons. The molecule has 1 aliphatic heterocycles. The quantitative estimate of drug-likeness (QED) is 0.651. The monoisotopic (exact) mass is 429 g/mol. The smallest absolute Gasteiger partial charge is 0.410 e. The maximum atomic E-state index is 12.9. The second kappa shape index (κ2) is 8.04. The molecular formula is C26H23NO5. The molecule has 3 aromatic carbocycles. The van der Waals surface area contributed by atoms with Crippen molar-refractivity contribution in [2.24, 2.45) is 0 Å². The maximum Gasteiger partial charge on any atom is 0.410 e. The number of aromatic carboxylic acids is 1. The average Bonchev–Trinajstić information content (AvgIpc) is 3.15. The van der Waals surface area contributed by atoms with Gasteiger partial charge in [0.05, 0.1) is 19.2 Å². The van der Waals surface area contributed by atoms with Gasteiger partial charge in [0.1, 0.15) is 12.4 Å². The number of fused-ring (bicyclic) bond motifs is 4. The van der Waals surface area contributed by atoms with Gasteiger partial charge in [-0.05, 0) is 46.4 Å². The van der Waals surface area contributed by atoms with Crippen molar-refractivity contribution >= 4 is 12.1 Å². The molecule has 6 heteroatoms. The zero-order valence-corrected chi connectivity index (χ0v) is 17.7. The third-order valence-electron chi connectivity index (χ3n) is 6.41. The Bertz CT molecular complexity index is 1170. The van der Waals surface area contributed by atoms with E-state index in [1.165, 1.54) is 17.2 Å². The molecule has 0 radical (unpaired) electrons. The molecule has 32 heavy (non-hydrogen) atoms. The molecule has 0 atom stereocenters. The number of hydrogen-bond donors (Lipinski definition) is 1. The zero-order valence-electron chi connectivity index (χ0n) is 17.7. The number of carboxylic acids is 1. The Kier molecular flexibility index (Phi) is 5.05. The van der Waals surface area contributed by atoms with Gasteiger partial charge in [0.15, 0.2) is 0 Å². The number of rotatable bonds is 4. The number of amides is 1. The molecule has 1 amide bonds. The summed E-state index contributed by atoms with van der Waals surface area (Å²) < 4.78 is 11.2. The zero-order chi connectivity index (χ0) is 22.2. The van der Waals surface area contributed by atoms with E-state index in [1.54, 1.807) is 18.1 Å². The summed E-state index contributed by atoms with van der Waals surface area (Å²) >= 11 is 0. The molecule has 0 saturated carbocycles. The molecule has 5 rings (SSSR count). The number of ether oxygens (including phenoxy) is 2. The lowest BCUT2D eigenvalue weighted by Crippen LogP contribution is -2.38. The van der Waals surface area contributed by atoms with Crippen molar-refractivity contribution in [3.63, 3.8) is 0 Å². The van der Waals surface area contributed by atoms with E-state index in [2.05, 4.69) is 24.3 Å². The highest BCUT2D eigenvalue weighted by Gasteiger charge is 2.31. The lowest BCUT2D eigenvalue weighted by atomic mass is 9.94. The minimum Gasteiger partial charge on any atom is -0.496 e. The summed E-state index contributed by atoms with van der Waals surface area (Å²) in [6.45, 7) is 0.869. The first-order chi connectivity index (χ1) is 15.6. The highest BCUT2D eigenvalue weighted by Crippen LogP contribution is 2.44. The van der Waals surface area contributed by atoms with Crippen LogP contribution in [0.1, 0.15) is 38.5 Å². The lowest BCUT2D eigenvalue weighted by Gasteiger charge is -2.30. The molecule has 0 unspecified atom stereocenters. The van der Waals surface area contributed by atoms with Crippen molar-refractivity contribution < 1.29 is 24.2 Å². The molecule has 1 aliphatic carbocycles. The van der Waals surface area contributed by atoms with Crippen molar-refractivity contribution in [3.05, 3.63) is 88.5 Å². The van der Waals surface area contributed by atoms with E-state index in [-0.39, 0.29) is 24.6 Å². The van der Waals surface area contributed by atoms with E-state index in [9.17, 15) is 14.7 Å². The molecular weight excluding hydrogens is 406 g/mol. The van der Waals surface area contributed by atoms with Gasteiger partial charge in [-0.3, -0.25) is 0 Å². The van der Waals surface area contributed by atoms with Crippen LogP contribution in [0.15, 0.2) is 60.7 Å². The van der Waals surface area contributed by atoms with E-state index < -0.39 is 12.1 Å². The predicted molar refractivity (Wildman–Crippen MR) is 119 cm³/mol. The van der Waals surface area contributed by atoms with Crippen LogP contribution in [0.4, 0.5) is 4.79 Å². The van der Waals surface area contributed by atoms with E-state index in [0.29, 0.717) is 24.3 Å². The summed E-state index contributed by atoms with van der Waals surface area (Å²) in [6, 6.07) is 19.6. The Labute approximate surface area is 186 Å².